The van der Waals surface area contributed by atoms with E-state index >= 15 is 0 Å². The van der Waals surface area contributed by atoms with E-state index in [1.165, 1.54) is 12.8 Å². The molecule has 20 heavy (non-hydrogen) atoms. The summed E-state index contributed by atoms with van der Waals surface area (Å²) < 4.78 is 0. The van der Waals surface area contributed by atoms with Crippen molar-refractivity contribution in [1.82, 2.24) is 15.1 Å². The molecule has 2 N–H and O–H groups in total. The molecule has 1 aliphatic rings. The van der Waals surface area contributed by atoms with Gasteiger partial charge in [-0.3, -0.25) is 14.5 Å². The lowest BCUT2D eigenvalue weighted by atomic mass is 10.2. The molecule has 1 fully saturated rings. The van der Waals surface area contributed by atoms with Gasteiger partial charge in [0.25, 0.3) is 0 Å². The quantitative estimate of drug-likeness (QED) is 0.674. The van der Waals surface area contributed by atoms with Crippen LogP contribution in [0.2, 0.25) is 0 Å². The van der Waals surface area contributed by atoms with Gasteiger partial charge in [0.05, 0.1) is 12.6 Å². The summed E-state index contributed by atoms with van der Waals surface area (Å²) in [4.78, 5) is 26.8. The number of aliphatic carboxylic acids is 1. The van der Waals surface area contributed by atoms with Crippen LogP contribution in [0.5, 0.6) is 0 Å². The van der Waals surface area contributed by atoms with Gasteiger partial charge in [0, 0.05) is 19.1 Å². The van der Waals surface area contributed by atoms with Crippen LogP contribution in [0.15, 0.2) is 0 Å². The molecule has 0 spiro atoms. The number of hydrogen-bond acceptors (Lipinski definition) is 4. The van der Waals surface area contributed by atoms with E-state index in [0.29, 0.717) is 6.54 Å². The summed E-state index contributed by atoms with van der Waals surface area (Å²) in [6.07, 6.45) is 4.40. The molecule has 0 aromatic carbocycles. The topological polar surface area (TPSA) is 72.9 Å². The van der Waals surface area contributed by atoms with Gasteiger partial charge < -0.3 is 15.3 Å². The predicted molar refractivity (Wildman–Crippen MR) is 77.6 cm³/mol. The maximum atomic E-state index is 12.2. The third kappa shape index (κ3) is 5.88. The molecule has 0 aliphatic heterocycles. The van der Waals surface area contributed by atoms with E-state index in [2.05, 4.69) is 5.32 Å². The first-order valence-corrected chi connectivity index (χ1v) is 7.31. The molecule has 6 nitrogen and oxygen atoms in total. The molecule has 0 heterocycles. The van der Waals surface area contributed by atoms with Crippen LogP contribution in [0.25, 0.3) is 0 Å². The van der Waals surface area contributed by atoms with Gasteiger partial charge in [-0.15, -0.1) is 0 Å². The van der Waals surface area contributed by atoms with Crippen molar-refractivity contribution in [2.24, 2.45) is 0 Å². The molecule has 1 unspecified atom stereocenters. The van der Waals surface area contributed by atoms with Crippen molar-refractivity contribution in [3.63, 3.8) is 0 Å². The first kappa shape index (κ1) is 16.9. The number of carbonyl (C=O) groups excluding carboxylic acids is 1. The van der Waals surface area contributed by atoms with E-state index < -0.39 is 12.0 Å². The molecule has 1 amide bonds. The second-order valence-electron chi connectivity index (χ2n) is 5.83. The molecule has 0 saturated heterocycles. The molecule has 1 saturated carbocycles. The van der Waals surface area contributed by atoms with E-state index in [1.54, 1.807) is 11.8 Å². The van der Waals surface area contributed by atoms with Gasteiger partial charge in [-0.2, -0.15) is 0 Å². The predicted octanol–water partition coefficient (Wildman–Crippen LogP) is 0.382. The lowest BCUT2D eigenvalue weighted by Gasteiger charge is -2.28. The molecule has 0 radical (unpaired) electrons. The molecule has 0 aromatic heterocycles. The highest BCUT2D eigenvalue weighted by atomic mass is 16.4. The highest BCUT2D eigenvalue weighted by molar-refractivity contribution is 5.82. The van der Waals surface area contributed by atoms with Crippen molar-refractivity contribution in [3.8, 4) is 0 Å². The van der Waals surface area contributed by atoms with Crippen LogP contribution in [-0.2, 0) is 9.59 Å². The van der Waals surface area contributed by atoms with Gasteiger partial charge in [-0.05, 0) is 33.9 Å². The SMILES string of the molecule is CC(C(=O)NC1CCCC1)N(CCN(C)C)CC(=O)O. The molecule has 1 aliphatic carbocycles. The van der Waals surface area contributed by atoms with Gasteiger partial charge in [-0.1, -0.05) is 12.8 Å². The maximum Gasteiger partial charge on any atom is 0.317 e. The molecule has 0 aromatic rings. The van der Waals surface area contributed by atoms with E-state index in [1.807, 2.05) is 19.0 Å². The van der Waals surface area contributed by atoms with E-state index in [0.717, 1.165) is 19.4 Å². The van der Waals surface area contributed by atoms with Crippen LogP contribution < -0.4 is 5.32 Å². The second-order valence-corrected chi connectivity index (χ2v) is 5.83. The second kappa shape index (κ2) is 8.21. The van der Waals surface area contributed by atoms with Gasteiger partial charge >= 0.3 is 5.97 Å². The Bertz CT molecular complexity index is 328. The zero-order valence-electron chi connectivity index (χ0n) is 12.8. The van der Waals surface area contributed by atoms with Crippen molar-refractivity contribution < 1.29 is 14.7 Å². The van der Waals surface area contributed by atoms with E-state index in [9.17, 15) is 9.59 Å². The monoisotopic (exact) mass is 285 g/mol. The minimum Gasteiger partial charge on any atom is -0.480 e. The fourth-order valence-electron chi connectivity index (χ4n) is 2.47. The third-order valence-corrected chi connectivity index (χ3v) is 3.80. The van der Waals surface area contributed by atoms with Crippen LogP contribution >= 0.6 is 0 Å². The summed E-state index contributed by atoms with van der Waals surface area (Å²) in [5.41, 5.74) is 0. The lowest BCUT2D eigenvalue weighted by molar-refractivity contribution is -0.140. The molecule has 1 rings (SSSR count). The zero-order chi connectivity index (χ0) is 15.1. The van der Waals surface area contributed by atoms with Gasteiger partial charge in [0.2, 0.25) is 5.91 Å². The summed E-state index contributed by atoms with van der Waals surface area (Å²) in [6.45, 7) is 2.98. The number of carboxylic acid groups (broad SMARTS) is 1. The molecular formula is C14H27N3O3. The van der Waals surface area contributed by atoms with Crippen LogP contribution in [0.4, 0.5) is 0 Å². The van der Waals surface area contributed by atoms with Crippen molar-refractivity contribution in [1.29, 1.82) is 0 Å². The number of amides is 1. The number of likely N-dealkylation sites (N-methyl/N-ethyl adjacent to an activating group) is 1. The first-order valence-electron chi connectivity index (χ1n) is 7.31. The van der Waals surface area contributed by atoms with Gasteiger partial charge in [-0.25, -0.2) is 0 Å². The number of carbonyl (C=O) groups is 2. The molecule has 116 valence electrons. The number of hydrogen-bond donors (Lipinski definition) is 2. The Morgan fingerprint density at radius 3 is 2.35 bits per heavy atom. The summed E-state index contributed by atoms with van der Waals surface area (Å²) in [6, 6.07) is -0.142. The third-order valence-electron chi connectivity index (χ3n) is 3.80. The number of rotatable bonds is 8. The first-order chi connectivity index (χ1) is 9.40. The molecular weight excluding hydrogens is 258 g/mol. The Labute approximate surface area is 121 Å². The molecule has 0 bridgehead atoms. The van der Waals surface area contributed by atoms with Crippen LogP contribution in [0.1, 0.15) is 32.6 Å². The van der Waals surface area contributed by atoms with Crippen LogP contribution in [-0.4, -0.2) is 72.6 Å². The number of carboxylic acids is 1. The lowest BCUT2D eigenvalue weighted by Crippen LogP contribution is -2.50. The Hall–Kier alpha value is -1.14. The van der Waals surface area contributed by atoms with Crippen LogP contribution in [0, 0.1) is 0 Å². The van der Waals surface area contributed by atoms with Crippen molar-refractivity contribution in [3.05, 3.63) is 0 Å². The average Bonchev–Trinajstić information content (AvgIpc) is 2.85. The zero-order valence-corrected chi connectivity index (χ0v) is 12.8. The van der Waals surface area contributed by atoms with Crippen molar-refractivity contribution >= 4 is 11.9 Å². The summed E-state index contributed by atoms with van der Waals surface area (Å²) in [7, 11) is 3.87. The Morgan fingerprint density at radius 2 is 1.85 bits per heavy atom. The Balaban J connectivity index is 2.52. The maximum absolute atomic E-state index is 12.2. The standard InChI is InChI=1S/C14H27N3O3/c1-11(14(20)15-12-6-4-5-7-12)17(10-13(18)19)9-8-16(2)3/h11-12H,4-10H2,1-3H3,(H,15,20)(H,18,19). The molecule has 1 atom stereocenters. The summed E-state index contributed by atoms with van der Waals surface area (Å²) in [5, 5.41) is 12.0. The number of nitrogens with zero attached hydrogens (tertiary/aromatic N) is 2. The van der Waals surface area contributed by atoms with Crippen LogP contribution in [0.3, 0.4) is 0 Å². The Kier molecular flexibility index (Phi) is 6.95. The van der Waals surface area contributed by atoms with E-state index in [-0.39, 0.29) is 18.5 Å². The van der Waals surface area contributed by atoms with Gasteiger partial charge in [0.1, 0.15) is 0 Å². The van der Waals surface area contributed by atoms with Crippen molar-refractivity contribution in [2.75, 3.05) is 33.7 Å². The van der Waals surface area contributed by atoms with Gasteiger partial charge in [0.15, 0.2) is 0 Å². The minimum absolute atomic E-state index is 0.0584. The summed E-state index contributed by atoms with van der Waals surface area (Å²) >= 11 is 0. The highest BCUT2D eigenvalue weighted by Crippen LogP contribution is 2.17. The Morgan fingerprint density at radius 1 is 1.25 bits per heavy atom. The normalized spacial score (nSPS) is 17.6. The van der Waals surface area contributed by atoms with Crippen molar-refractivity contribution in [2.45, 2.75) is 44.7 Å². The largest absolute Gasteiger partial charge is 0.480 e. The van der Waals surface area contributed by atoms with E-state index in [4.69, 9.17) is 5.11 Å². The molecule has 6 heteroatoms. The fraction of sp³-hybridized carbons (Fsp3) is 0.857. The smallest absolute Gasteiger partial charge is 0.317 e. The fourth-order valence-corrected chi connectivity index (χ4v) is 2.47. The summed E-state index contributed by atoms with van der Waals surface area (Å²) in [5.74, 6) is -0.957. The average molecular weight is 285 g/mol. The minimum atomic E-state index is -0.899. The highest BCUT2D eigenvalue weighted by Gasteiger charge is 2.26. The number of nitrogens with one attached hydrogen (secondary N) is 1.